The Hall–Kier alpha value is -3.56. The third-order valence-electron chi connectivity index (χ3n) is 5.68. The van der Waals surface area contributed by atoms with Crippen LogP contribution in [-0.4, -0.2) is 20.8 Å². The molecule has 8 nitrogen and oxygen atoms in total. The molecule has 4 aromatic rings. The number of fused-ring (bicyclic) bond motifs is 1. The van der Waals surface area contributed by atoms with E-state index in [1.165, 1.54) is 23.0 Å². The van der Waals surface area contributed by atoms with Crippen molar-refractivity contribution in [1.82, 2.24) is 9.66 Å². The predicted molar refractivity (Wildman–Crippen MR) is 144 cm³/mol. The summed E-state index contributed by atoms with van der Waals surface area (Å²) < 4.78 is 7.84. The number of halogens is 2. The van der Waals surface area contributed by atoms with Gasteiger partial charge in [-0.3, -0.25) is 14.9 Å². The molecule has 36 heavy (non-hydrogen) atoms. The van der Waals surface area contributed by atoms with Gasteiger partial charge in [0.1, 0.15) is 12.4 Å². The Kier molecular flexibility index (Phi) is 7.81. The van der Waals surface area contributed by atoms with Crippen LogP contribution in [0.15, 0.2) is 75.0 Å². The number of rotatable bonds is 8. The number of aromatic nitrogens is 2. The van der Waals surface area contributed by atoms with Gasteiger partial charge < -0.3 is 4.74 Å². The molecule has 0 fully saturated rings. The molecule has 1 aromatic heterocycles. The summed E-state index contributed by atoms with van der Waals surface area (Å²) in [5.74, 6) is 0.425. The van der Waals surface area contributed by atoms with Crippen LogP contribution in [-0.2, 0) is 6.61 Å². The minimum atomic E-state index is -0.560. The summed E-state index contributed by atoms with van der Waals surface area (Å²) >= 11 is 9.58. The second-order valence-corrected chi connectivity index (χ2v) is 9.53. The predicted octanol–water partition coefficient (Wildman–Crippen LogP) is 6.70. The van der Waals surface area contributed by atoms with Gasteiger partial charge in [0.15, 0.2) is 0 Å². The lowest BCUT2D eigenvalue weighted by Gasteiger charge is -2.14. The molecule has 0 N–H and O–H groups in total. The van der Waals surface area contributed by atoms with Gasteiger partial charge in [-0.1, -0.05) is 71.7 Å². The highest BCUT2D eigenvalue weighted by molar-refractivity contribution is 9.10. The van der Waals surface area contributed by atoms with E-state index in [2.05, 4.69) is 26.0 Å². The fourth-order valence-electron chi connectivity index (χ4n) is 3.62. The van der Waals surface area contributed by atoms with E-state index < -0.39 is 4.92 Å². The number of nitrogens with zero attached hydrogens (tertiary/aromatic N) is 4. The average Bonchev–Trinajstić information content (AvgIpc) is 2.87. The molecule has 1 atom stereocenters. The van der Waals surface area contributed by atoms with E-state index in [-0.39, 0.29) is 40.1 Å². The van der Waals surface area contributed by atoms with Crippen LogP contribution in [0.4, 0.5) is 5.69 Å². The van der Waals surface area contributed by atoms with E-state index in [1.54, 1.807) is 12.1 Å². The van der Waals surface area contributed by atoms with Gasteiger partial charge in [-0.05, 0) is 36.2 Å². The number of nitro benzene ring substituents is 1. The van der Waals surface area contributed by atoms with E-state index in [9.17, 15) is 14.9 Å². The zero-order chi connectivity index (χ0) is 25.8. The van der Waals surface area contributed by atoms with Gasteiger partial charge in [0.05, 0.1) is 22.0 Å². The maximum absolute atomic E-state index is 13.4. The highest BCUT2D eigenvalue weighted by Gasteiger charge is 2.21. The van der Waals surface area contributed by atoms with Crippen molar-refractivity contribution in [2.24, 2.45) is 5.10 Å². The van der Waals surface area contributed by atoms with Crippen LogP contribution in [0.2, 0.25) is 5.02 Å². The van der Waals surface area contributed by atoms with E-state index in [4.69, 9.17) is 16.3 Å². The summed E-state index contributed by atoms with van der Waals surface area (Å²) in [6, 6.07) is 17.3. The van der Waals surface area contributed by atoms with Crippen molar-refractivity contribution in [3.05, 3.63) is 108 Å². The van der Waals surface area contributed by atoms with Gasteiger partial charge in [0.2, 0.25) is 5.75 Å². The van der Waals surface area contributed by atoms with E-state index >= 15 is 0 Å². The fraction of sp³-hybridized carbons (Fsp3) is 0.192. The molecule has 0 aliphatic heterocycles. The molecule has 0 radical (unpaired) electrons. The standard InChI is InChI=1S/C26H22BrClN4O4/c1-3-16(2)25-30-22-10-9-19(27)12-21(22)26(33)31(25)29-14-18-11-20(28)13-23(32(34)35)24(18)36-15-17-7-5-4-6-8-17/h4-14,16H,3,15H2,1-2H3/t16-/m0/s1. The Balaban J connectivity index is 1.85. The van der Waals surface area contributed by atoms with Crippen molar-refractivity contribution in [1.29, 1.82) is 0 Å². The van der Waals surface area contributed by atoms with Gasteiger partial charge in [0, 0.05) is 27.0 Å². The van der Waals surface area contributed by atoms with E-state index in [1.807, 2.05) is 50.2 Å². The normalized spacial score (nSPS) is 12.2. The Morgan fingerprint density at radius 2 is 1.97 bits per heavy atom. The maximum atomic E-state index is 13.4. The first-order valence-electron chi connectivity index (χ1n) is 11.2. The maximum Gasteiger partial charge on any atom is 0.313 e. The van der Waals surface area contributed by atoms with Crippen molar-refractivity contribution in [2.75, 3.05) is 0 Å². The lowest BCUT2D eigenvalue weighted by molar-refractivity contribution is -0.385. The van der Waals surface area contributed by atoms with Gasteiger partial charge in [-0.25, -0.2) is 4.98 Å². The number of benzene rings is 3. The van der Waals surface area contributed by atoms with Crippen LogP contribution in [0.25, 0.3) is 10.9 Å². The molecule has 4 rings (SSSR count). The lowest BCUT2D eigenvalue weighted by atomic mass is 10.1. The first kappa shape index (κ1) is 25.5. The Bertz CT molecular complexity index is 1520. The first-order chi connectivity index (χ1) is 17.3. The summed E-state index contributed by atoms with van der Waals surface area (Å²) in [6.07, 6.45) is 2.08. The van der Waals surface area contributed by atoms with Crippen molar-refractivity contribution in [3.63, 3.8) is 0 Å². The topological polar surface area (TPSA) is 99.6 Å². The summed E-state index contributed by atoms with van der Waals surface area (Å²) in [7, 11) is 0. The highest BCUT2D eigenvalue weighted by atomic mass is 79.9. The molecule has 0 amide bonds. The van der Waals surface area contributed by atoms with Gasteiger partial charge in [-0.15, -0.1) is 0 Å². The van der Waals surface area contributed by atoms with E-state index in [0.29, 0.717) is 16.7 Å². The van der Waals surface area contributed by atoms with Gasteiger partial charge >= 0.3 is 5.69 Å². The number of nitro groups is 1. The molecule has 0 spiro atoms. The number of hydrogen-bond donors (Lipinski definition) is 0. The Morgan fingerprint density at radius 3 is 2.67 bits per heavy atom. The molecule has 0 saturated carbocycles. The zero-order valence-corrected chi connectivity index (χ0v) is 21.9. The van der Waals surface area contributed by atoms with Crippen LogP contribution < -0.4 is 10.3 Å². The number of hydrogen-bond acceptors (Lipinski definition) is 6. The van der Waals surface area contributed by atoms with Crippen LogP contribution in [0.3, 0.4) is 0 Å². The number of ether oxygens (including phenoxy) is 1. The molecule has 0 bridgehead atoms. The second kappa shape index (κ2) is 11.0. The highest BCUT2D eigenvalue weighted by Crippen LogP contribution is 2.34. The summed E-state index contributed by atoms with van der Waals surface area (Å²) in [4.78, 5) is 29.3. The van der Waals surface area contributed by atoms with Crippen molar-refractivity contribution in [3.8, 4) is 5.75 Å². The van der Waals surface area contributed by atoms with Crippen LogP contribution in [0.1, 0.15) is 43.1 Å². The monoisotopic (exact) mass is 568 g/mol. The zero-order valence-electron chi connectivity index (χ0n) is 19.5. The fourth-order valence-corrected chi connectivity index (χ4v) is 4.20. The molecule has 0 saturated heterocycles. The van der Waals surface area contributed by atoms with E-state index in [0.717, 1.165) is 16.5 Å². The molecule has 1 heterocycles. The summed E-state index contributed by atoms with van der Waals surface area (Å²) in [5.41, 5.74) is 1.02. The molecular formula is C26H22BrClN4O4. The largest absolute Gasteiger partial charge is 0.481 e. The summed E-state index contributed by atoms with van der Waals surface area (Å²) in [6.45, 7) is 4.05. The second-order valence-electron chi connectivity index (χ2n) is 8.18. The van der Waals surface area contributed by atoms with Crippen LogP contribution in [0, 0.1) is 10.1 Å². The molecular weight excluding hydrogens is 548 g/mol. The van der Waals surface area contributed by atoms with Crippen LogP contribution in [0.5, 0.6) is 5.75 Å². The quantitative estimate of drug-likeness (QED) is 0.134. The third kappa shape index (κ3) is 5.47. The first-order valence-corrected chi connectivity index (χ1v) is 12.4. The van der Waals surface area contributed by atoms with Gasteiger partial charge in [-0.2, -0.15) is 9.78 Å². The lowest BCUT2D eigenvalue weighted by Crippen LogP contribution is -2.23. The molecule has 0 aliphatic carbocycles. The molecule has 10 heteroatoms. The Labute approximate surface area is 220 Å². The SMILES string of the molecule is CC[C@H](C)c1nc2ccc(Br)cc2c(=O)n1N=Cc1cc(Cl)cc([N+](=O)[O-])c1OCc1ccccc1. The van der Waals surface area contributed by atoms with Crippen LogP contribution >= 0.6 is 27.5 Å². The molecule has 0 aliphatic rings. The molecule has 3 aromatic carbocycles. The van der Waals surface area contributed by atoms with Crippen molar-refractivity contribution < 1.29 is 9.66 Å². The molecule has 0 unspecified atom stereocenters. The van der Waals surface area contributed by atoms with Crippen molar-refractivity contribution in [2.45, 2.75) is 32.8 Å². The van der Waals surface area contributed by atoms with Gasteiger partial charge in [0.25, 0.3) is 5.56 Å². The smallest absolute Gasteiger partial charge is 0.313 e. The third-order valence-corrected chi connectivity index (χ3v) is 6.40. The summed E-state index contributed by atoms with van der Waals surface area (Å²) in [5, 5.41) is 16.7. The molecule has 184 valence electrons. The minimum absolute atomic E-state index is 0.00614. The average molecular weight is 570 g/mol. The van der Waals surface area contributed by atoms with Crippen molar-refractivity contribution >= 4 is 50.3 Å². The Morgan fingerprint density at radius 1 is 1.22 bits per heavy atom. The minimum Gasteiger partial charge on any atom is -0.481 e.